The number of rotatable bonds is 1. The third-order valence-electron chi connectivity index (χ3n) is 0.214. The van der Waals surface area contributed by atoms with E-state index in [0.717, 1.165) is 0 Å². The topological polar surface area (TPSA) is 37.3 Å². The van der Waals surface area contributed by atoms with Crippen LogP contribution in [0.15, 0.2) is 0 Å². The molecule has 0 unspecified atom stereocenters. The van der Waals surface area contributed by atoms with Crippen LogP contribution in [0.5, 0.6) is 0 Å². The molecule has 0 amide bonds. The zero-order valence-electron chi connectivity index (χ0n) is 3.35. The van der Waals surface area contributed by atoms with Crippen molar-refractivity contribution in [1.82, 2.24) is 0 Å². The predicted octanol–water partition coefficient (Wildman–Crippen LogP) is 0.293. The molecule has 1 radical (unpaired) electrons. The second-order valence-electron chi connectivity index (χ2n) is 0.644. The number of aliphatic carboxylic acids is 1. The van der Waals surface area contributed by atoms with Crippen LogP contribution in [0.4, 0.5) is 0 Å². The van der Waals surface area contributed by atoms with Crippen molar-refractivity contribution in [1.29, 1.82) is 0 Å². The number of carbonyl (C=O) groups is 1. The molecular formula is C3H5O2Y-. The Morgan fingerprint density at radius 2 is 2.00 bits per heavy atom. The molecule has 0 fully saturated rings. The smallest absolute Gasteiger partial charge is 0.272 e. The second kappa shape index (κ2) is 5.57. The summed E-state index contributed by atoms with van der Waals surface area (Å²) in [6, 6.07) is 0. The molecule has 0 spiro atoms. The van der Waals surface area contributed by atoms with Crippen molar-refractivity contribution >= 4 is 5.97 Å². The predicted molar refractivity (Wildman–Crippen MR) is 17.6 cm³/mol. The van der Waals surface area contributed by atoms with E-state index in [1.54, 1.807) is 0 Å². The zero-order chi connectivity index (χ0) is 4.28. The van der Waals surface area contributed by atoms with Gasteiger partial charge in [0, 0.05) is 32.7 Å². The molecule has 33 valence electrons. The van der Waals surface area contributed by atoms with Crippen LogP contribution >= 0.6 is 0 Å². The number of carboxylic acid groups (broad SMARTS) is 1. The molecule has 6 heavy (non-hydrogen) atoms. The van der Waals surface area contributed by atoms with Crippen LogP contribution in [-0.4, -0.2) is 11.1 Å². The Bertz CT molecular complexity index is 44.1. The van der Waals surface area contributed by atoms with Crippen molar-refractivity contribution in [2.24, 2.45) is 0 Å². The minimum absolute atomic E-state index is 0. The standard InChI is InChI=1S/C3H5O2.Y/c1-2-3(4)5;/h1-2H2,(H,4,5);/q-1;. The quantitative estimate of drug-likeness (QED) is 0.562. The van der Waals surface area contributed by atoms with Gasteiger partial charge in [-0.2, -0.15) is 0 Å². The average molecular weight is 162 g/mol. The molecule has 0 aliphatic carbocycles. The van der Waals surface area contributed by atoms with Crippen molar-refractivity contribution < 1.29 is 42.6 Å². The Morgan fingerprint density at radius 1 is 1.83 bits per heavy atom. The van der Waals surface area contributed by atoms with Crippen LogP contribution < -0.4 is 0 Å². The van der Waals surface area contributed by atoms with Gasteiger partial charge in [-0.3, -0.25) is 4.79 Å². The van der Waals surface area contributed by atoms with E-state index in [4.69, 9.17) is 5.11 Å². The van der Waals surface area contributed by atoms with E-state index in [2.05, 4.69) is 6.92 Å². The molecule has 0 aromatic rings. The fourth-order valence-electron chi connectivity index (χ4n) is 0. The summed E-state index contributed by atoms with van der Waals surface area (Å²) in [4.78, 5) is 9.31. The zero-order valence-corrected chi connectivity index (χ0v) is 6.19. The first-order chi connectivity index (χ1) is 2.27. The third kappa shape index (κ3) is 8.82. The van der Waals surface area contributed by atoms with Gasteiger partial charge in [-0.15, -0.1) is 0 Å². The largest absolute Gasteiger partial charge is 0.483 e. The first-order valence-electron chi connectivity index (χ1n) is 1.28. The fourth-order valence-corrected chi connectivity index (χ4v) is 0. The number of carboxylic acids is 1. The molecule has 0 aromatic heterocycles. The first kappa shape index (κ1) is 9.76. The maximum absolute atomic E-state index is 9.31. The Labute approximate surface area is 61.8 Å². The van der Waals surface area contributed by atoms with E-state index >= 15 is 0 Å². The number of hydrogen-bond donors (Lipinski definition) is 1. The van der Waals surface area contributed by atoms with Gasteiger partial charge < -0.3 is 12.0 Å². The molecule has 0 aromatic carbocycles. The summed E-state index contributed by atoms with van der Waals surface area (Å²) in [6.45, 7) is 3.09. The molecular weight excluding hydrogens is 157 g/mol. The van der Waals surface area contributed by atoms with Gasteiger partial charge in [-0.25, -0.2) is 0 Å². The van der Waals surface area contributed by atoms with E-state index in [1.807, 2.05) is 0 Å². The van der Waals surface area contributed by atoms with Crippen LogP contribution in [0.3, 0.4) is 0 Å². The Balaban J connectivity index is 0. The average Bonchev–Trinajstić information content (AvgIpc) is 1.38. The fraction of sp³-hybridized carbons (Fsp3) is 0.333. The maximum Gasteiger partial charge on any atom is 0.272 e. The van der Waals surface area contributed by atoms with Crippen LogP contribution in [-0.2, 0) is 37.5 Å². The number of hydrogen-bond acceptors (Lipinski definition) is 1. The molecule has 0 saturated heterocycles. The summed E-state index contributed by atoms with van der Waals surface area (Å²) in [6.07, 6.45) is -0.0278. The second-order valence-corrected chi connectivity index (χ2v) is 0.644. The van der Waals surface area contributed by atoms with Gasteiger partial charge in [0.05, 0.1) is 0 Å². The Kier molecular flexibility index (Phi) is 9.07. The van der Waals surface area contributed by atoms with Crippen LogP contribution in [0.1, 0.15) is 6.42 Å². The first-order valence-corrected chi connectivity index (χ1v) is 1.28. The van der Waals surface area contributed by atoms with Crippen molar-refractivity contribution in [3.63, 3.8) is 0 Å². The Hall–Kier alpha value is 0.574. The molecule has 3 heteroatoms. The van der Waals surface area contributed by atoms with Crippen molar-refractivity contribution in [2.75, 3.05) is 0 Å². The summed E-state index contributed by atoms with van der Waals surface area (Å²) in [7, 11) is 0. The third-order valence-corrected chi connectivity index (χ3v) is 0.214. The minimum atomic E-state index is -0.856. The van der Waals surface area contributed by atoms with Gasteiger partial charge >= 0.3 is 0 Å². The molecule has 0 saturated carbocycles. The molecule has 0 aliphatic rings. The van der Waals surface area contributed by atoms with Crippen molar-refractivity contribution in [3.05, 3.63) is 6.92 Å². The minimum Gasteiger partial charge on any atom is -0.483 e. The van der Waals surface area contributed by atoms with E-state index in [0.29, 0.717) is 0 Å². The van der Waals surface area contributed by atoms with Gasteiger partial charge in [0.2, 0.25) is 0 Å². The van der Waals surface area contributed by atoms with E-state index in [1.165, 1.54) is 0 Å². The van der Waals surface area contributed by atoms with E-state index in [9.17, 15) is 4.79 Å². The van der Waals surface area contributed by atoms with Gasteiger partial charge in [-0.1, -0.05) is 6.42 Å². The van der Waals surface area contributed by atoms with Crippen LogP contribution in [0.25, 0.3) is 0 Å². The molecule has 0 bridgehead atoms. The normalized spacial score (nSPS) is 6.17. The molecule has 0 rings (SSSR count). The van der Waals surface area contributed by atoms with Crippen LogP contribution in [0, 0.1) is 6.92 Å². The monoisotopic (exact) mass is 162 g/mol. The molecule has 0 atom stereocenters. The van der Waals surface area contributed by atoms with Crippen molar-refractivity contribution in [3.8, 4) is 0 Å². The van der Waals surface area contributed by atoms with Gasteiger partial charge in [0.25, 0.3) is 5.97 Å². The maximum atomic E-state index is 9.31. The van der Waals surface area contributed by atoms with Crippen LogP contribution in [0.2, 0.25) is 0 Å². The summed E-state index contributed by atoms with van der Waals surface area (Å²) in [5.41, 5.74) is 0. The molecule has 2 nitrogen and oxygen atoms in total. The summed E-state index contributed by atoms with van der Waals surface area (Å²) < 4.78 is 0. The molecule has 1 N–H and O–H groups in total. The van der Waals surface area contributed by atoms with Gasteiger partial charge in [-0.05, 0) is 0 Å². The summed E-state index contributed by atoms with van der Waals surface area (Å²) in [5, 5.41) is 7.66. The summed E-state index contributed by atoms with van der Waals surface area (Å²) >= 11 is 0. The SMILES string of the molecule is [CH2-]CC(=O)O.[Y]. The molecule has 0 heterocycles. The Morgan fingerprint density at radius 3 is 2.00 bits per heavy atom. The van der Waals surface area contributed by atoms with E-state index < -0.39 is 5.97 Å². The van der Waals surface area contributed by atoms with Gasteiger partial charge in [0.15, 0.2) is 0 Å². The van der Waals surface area contributed by atoms with E-state index in [-0.39, 0.29) is 39.1 Å². The van der Waals surface area contributed by atoms with Crippen molar-refractivity contribution in [2.45, 2.75) is 6.42 Å². The molecule has 0 aliphatic heterocycles. The summed E-state index contributed by atoms with van der Waals surface area (Å²) in [5.74, 6) is -0.856. The van der Waals surface area contributed by atoms with Gasteiger partial charge in [0.1, 0.15) is 0 Å².